The van der Waals surface area contributed by atoms with Crippen LogP contribution >= 0.6 is 0 Å². The predicted octanol–water partition coefficient (Wildman–Crippen LogP) is 2.23. The van der Waals surface area contributed by atoms with E-state index in [4.69, 9.17) is 20.4 Å². The van der Waals surface area contributed by atoms with Gasteiger partial charge in [-0.05, 0) is 18.2 Å². The van der Waals surface area contributed by atoms with Crippen LogP contribution in [0.4, 0.5) is 13.2 Å². The Hall–Kier alpha value is -3.34. The van der Waals surface area contributed by atoms with Crippen LogP contribution in [-0.2, 0) is 11.3 Å². The van der Waals surface area contributed by atoms with Gasteiger partial charge in [0.2, 0.25) is 0 Å². The highest BCUT2D eigenvalue weighted by Crippen LogP contribution is 2.32. The summed E-state index contributed by atoms with van der Waals surface area (Å²) < 4.78 is 47.8. The number of carbonyl (C=O) groups is 1. The molecule has 1 saturated heterocycles. The monoisotopic (exact) mass is 464 g/mol. The number of nitrogens with zero attached hydrogens (tertiary/aromatic N) is 6. The molecule has 0 bridgehead atoms. The third-order valence-electron chi connectivity index (χ3n) is 5.51. The molecule has 5 heterocycles. The molecule has 5 rings (SSSR count). The van der Waals surface area contributed by atoms with Gasteiger partial charge >= 0.3 is 6.18 Å². The Kier molecular flexibility index (Phi) is 5.38. The number of hydrogen-bond acceptors (Lipinski definition) is 5. The Morgan fingerprint density at radius 3 is 2.82 bits per heavy atom. The van der Waals surface area contributed by atoms with Gasteiger partial charge in [-0.15, -0.1) is 0 Å². The highest BCUT2D eigenvalue weighted by molar-refractivity contribution is 6.40. The maximum atomic E-state index is 13.3. The van der Waals surface area contributed by atoms with Gasteiger partial charge in [0, 0.05) is 43.0 Å². The van der Waals surface area contributed by atoms with Crippen molar-refractivity contribution in [3.05, 3.63) is 48.5 Å². The summed E-state index contributed by atoms with van der Waals surface area (Å²) in [6.07, 6.45) is 0.0955. The number of pyridine rings is 2. The lowest BCUT2D eigenvalue weighted by Gasteiger charge is -2.29. The molecule has 1 fully saturated rings. The van der Waals surface area contributed by atoms with E-state index in [1.807, 2.05) is 0 Å². The van der Waals surface area contributed by atoms with Crippen molar-refractivity contribution in [2.75, 3.05) is 26.3 Å². The van der Waals surface area contributed by atoms with E-state index in [0.29, 0.717) is 16.5 Å². The third kappa shape index (κ3) is 4.27. The first-order chi connectivity index (χ1) is 16.1. The van der Waals surface area contributed by atoms with Gasteiger partial charge in [0.05, 0.1) is 39.5 Å². The van der Waals surface area contributed by atoms with Crippen LogP contribution in [0.3, 0.4) is 0 Å². The molecule has 0 aromatic carbocycles. The van der Waals surface area contributed by atoms with E-state index in [1.165, 1.54) is 23.4 Å². The zero-order valence-electron chi connectivity index (χ0n) is 17.9. The number of alkyl halides is 3. The number of amides is 1. The molecule has 0 unspecified atom stereocenters. The van der Waals surface area contributed by atoms with Gasteiger partial charge in [-0.3, -0.25) is 14.5 Å². The number of hydrogen-bond donors (Lipinski definition) is 0. The Balaban J connectivity index is 1.61. The van der Waals surface area contributed by atoms with Crippen LogP contribution in [-0.4, -0.2) is 83.4 Å². The largest absolute Gasteiger partial charge is 0.408 e. The molecule has 1 amide bonds. The smallest absolute Gasteiger partial charge is 0.380 e. The fourth-order valence-corrected chi connectivity index (χ4v) is 4.04. The zero-order chi connectivity index (χ0) is 24.1. The fraction of sp³-hybridized carbons (Fsp3) is 0.333. The first-order valence-corrected chi connectivity index (χ1v) is 10.4. The molecule has 8 nitrogen and oxygen atoms in total. The molecule has 13 heteroatoms. The molecule has 0 aliphatic carbocycles. The van der Waals surface area contributed by atoms with Crippen molar-refractivity contribution in [3.63, 3.8) is 0 Å². The van der Waals surface area contributed by atoms with E-state index in [1.54, 1.807) is 28.9 Å². The molecule has 0 spiro atoms. The normalized spacial score (nSPS) is 16.7. The summed E-state index contributed by atoms with van der Waals surface area (Å²) in [5.41, 5.74) is 1.60. The molecule has 0 saturated carbocycles. The summed E-state index contributed by atoms with van der Waals surface area (Å²) in [5, 5.41) is 7.60. The SMILES string of the molecule is [B]C1([B])COCCN(C(=O)c2cc3c(cn2)c(-c2cnn4ccccc24)nn3CC(F)(F)F)C1. The van der Waals surface area contributed by atoms with Crippen molar-refractivity contribution < 1.29 is 22.7 Å². The van der Waals surface area contributed by atoms with Gasteiger partial charge in [-0.2, -0.15) is 23.4 Å². The van der Waals surface area contributed by atoms with Crippen molar-refractivity contribution in [2.24, 2.45) is 0 Å². The van der Waals surface area contributed by atoms with Crippen LogP contribution in [0.1, 0.15) is 10.5 Å². The lowest BCUT2D eigenvalue weighted by molar-refractivity contribution is -0.141. The topological polar surface area (TPSA) is 77.6 Å². The van der Waals surface area contributed by atoms with Gasteiger partial charge in [0.15, 0.2) is 0 Å². The summed E-state index contributed by atoms with van der Waals surface area (Å²) in [4.78, 5) is 18.8. The van der Waals surface area contributed by atoms with Crippen molar-refractivity contribution in [1.29, 1.82) is 0 Å². The molecule has 1 aliphatic rings. The second kappa shape index (κ2) is 8.15. The lowest BCUT2D eigenvalue weighted by Crippen LogP contribution is -2.39. The lowest BCUT2D eigenvalue weighted by atomic mass is 9.55. The quantitative estimate of drug-likeness (QED) is 0.435. The van der Waals surface area contributed by atoms with Crippen LogP contribution in [0.5, 0.6) is 0 Å². The summed E-state index contributed by atoms with van der Waals surface area (Å²) in [5.74, 6) is -0.509. The minimum absolute atomic E-state index is 0.0149. The number of ether oxygens (including phenoxy) is 1. The van der Waals surface area contributed by atoms with Crippen molar-refractivity contribution in [3.8, 4) is 11.3 Å². The van der Waals surface area contributed by atoms with Crippen LogP contribution in [0.2, 0.25) is 5.21 Å². The molecule has 4 aromatic heterocycles. The molecule has 1 aliphatic heterocycles. The Morgan fingerprint density at radius 1 is 1.21 bits per heavy atom. The molecule has 0 N–H and O–H groups in total. The molecule has 4 radical (unpaired) electrons. The minimum Gasteiger partial charge on any atom is -0.380 e. The molecular formula is C21H17B2F3N6O2. The highest BCUT2D eigenvalue weighted by atomic mass is 19.4. The van der Waals surface area contributed by atoms with E-state index in [2.05, 4.69) is 15.2 Å². The average molecular weight is 464 g/mol. The number of rotatable bonds is 3. The first-order valence-electron chi connectivity index (χ1n) is 10.4. The van der Waals surface area contributed by atoms with Crippen LogP contribution in [0.25, 0.3) is 27.7 Å². The summed E-state index contributed by atoms with van der Waals surface area (Å²) in [6, 6.07) is 6.68. The average Bonchev–Trinajstić information content (AvgIpc) is 3.29. The maximum Gasteiger partial charge on any atom is 0.408 e. The van der Waals surface area contributed by atoms with Gasteiger partial charge in [0.1, 0.15) is 17.9 Å². The van der Waals surface area contributed by atoms with Crippen molar-refractivity contribution >= 4 is 38.0 Å². The number of aromatic nitrogens is 5. The van der Waals surface area contributed by atoms with E-state index < -0.39 is 23.8 Å². The van der Waals surface area contributed by atoms with E-state index in [-0.39, 0.29) is 43.2 Å². The third-order valence-corrected chi connectivity index (χ3v) is 5.51. The fourth-order valence-electron chi connectivity index (χ4n) is 4.04. The Labute approximate surface area is 194 Å². The van der Waals surface area contributed by atoms with E-state index in [9.17, 15) is 18.0 Å². The second-order valence-corrected chi connectivity index (χ2v) is 8.31. The van der Waals surface area contributed by atoms with Crippen LogP contribution in [0, 0.1) is 0 Å². The molecule has 0 atom stereocenters. The van der Waals surface area contributed by atoms with Crippen molar-refractivity contribution in [1.82, 2.24) is 29.3 Å². The number of carbonyl (C=O) groups excluding carboxylic acids is 1. The molecule has 170 valence electrons. The summed E-state index contributed by atoms with van der Waals surface area (Å²) >= 11 is 0. The zero-order valence-corrected chi connectivity index (χ0v) is 17.9. The van der Waals surface area contributed by atoms with Gasteiger partial charge in [-0.1, -0.05) is 11.3 Å². The van der Waals surface area contributed by atoms with Crippen LogP contribution < -0.4 is 0 Å². The first kappa shape index (κ1) is 22.5. The van der Waals surface area contributed by atoms with Crippen LogP contribution in [0.15, 0.2) is 42.9 Å². The molecule has 34 heavy (non-hydrogen) atoms. The van der Waals surface area contributed by atoms with E-state index >= 15 is 0 Å². The van der Waals surface area contributed by atoms with Gasteiger partial charge in [-0.25, -0.2) is 4.52 Å². The Bertz CT molecular complexity index is 1380. The Morgan fingerprint density at radius 2 is 2.03 bits per heavy atom. The number of halogens is 3. The number of fused-ring (bicyclic) bond motifs is 2. The van der Waals surface area contributed by atoms with Crippen molar-refractivity contribution in [2.45, 2.75) is 17.9 Å². The second-order valence-electron chi connectivity index (χ2n) is 8.31. The molecular weight excluding hydrogens is 447 g/mol. The summed E-state index contributed by atoms with van der Waals surface area (Å²) in [7, 11) is 11.9. The van der Waals surface area contributed by atoms with Gasteiger partial charge in [0.25, 0.3) is 5.91 Å². The summed E-state index contributed by atoms with van der Waals surface area (Å²) in [6.45, 7) is -0.780. The predicted molar refractivity (Wildman–Crippen MR) is 119 cm³/mol. The highest BCUT2D eigenvalue weighted by Gasteiger charge is 2.32. The molecule has 4 aromatic rings. The minimum atomic E-state index is -4.52. The standard InChI is InChI=1S/C21H17B2F3N6O2/c22-20(23)10-30(5-6-34-12-20)19(33)15-7-17-13(8-27-15)18(29-32(17)11-21(24,25)26)14-9-28-31-4-2-1-3-16(14)31/h1-4,7-9H,5-6,10-12H2. The van der Waals surface area contributed by atoms with E-state index in [0.717, 1.165) is 4.68 Å². The van der Waals surface area contributed by atoms with Gasteiger partial charge < -0.3 is 9.64 Å². The maximum absolute atomic E-state index is 13.3.